The second-order valence-electron chi connectivity index (χ2n) is 13.6. The number of thiophene rings is 1. The lowest BCUT2D eigenvalue weighted by molar-refractivity contribution is 1.08. The Morgan fingerprint density at radius 1 is 0.273 bits per heavy atom. The minimum absolute atomic E-state index is 0.634. The molecule has 0 saturated heterocycles. The first-order valence-corrected chi connectivity index (χ1v) is 19.2. The van der Waals surface area contributed by atoms with Crippen molar-refractivity contribution in [2.45, 2.75) is 0 Å². The van der Waals surface area contributed by atoms with Crippen molar-refractivity contribution in [1.82, 2.24) is 15.0 Å². The highest BCUT2D eigenvalue weighted by Gasteiger charge is 2.18. The smallest absolute Gasteiger partial charge is 0.164 e. The number of hydrogen-bond donors (Lipinski definition) is 0. The van der Waals surface area contributed by atoms with E-state index in [1.54, 1.807) is 11.3 Å². The van der Waals surface area contributed by atoms with Crippen molar-refractivity contribution in [3.63, 3.8) is 0 Å². The minimum atomic E-state index is 0.634. The van der Waals surface area contributed by atoms with Gasteiger partial charge in [-0.3, -0.25) is 0 Å². The lowest BCUT2D eigenvalue weighted by Gasteiger charge is -2.13. The summed E-state index contributed by atoms with van der Waals surface area (Å²) in [5.41, 5.74) is 12.1. The number of nitrogens with zero attached hydrogens (tertiary/aromatic N) is 3. The van der Waals surface area contributed by atoms with Gasteiger partial charge < -0.3 is 0 Å². The molecular formula is C51H33N3S. The van der Waals surface area contributed by atoms with Crippen molar-refractivity contribution < 1.29 is 0 Å². The highest BCUT2D eigenvalue weighted by molar-refractivity contribution is 7.26. The van der Waals surface area contributed by atoms with E-state index in [-0.39, 0.29) is 0 Å². The topological polar surface area (TPSA) is 38.7 Å². The molecule has 0 aliphatic carbocycles. The molecule has 0 radical (unpaired) electrons. The summed E-state index contributed by atoms with van der Waals surface area (Å²) in [5, 5.41) is 2.35. The summed E-state index contributed by atoms with van der Waals surface area (Å²) in [5.74, 6) is 1.93. The fourth-order valence-electron chi connectivity index (χ4n) is 7.37. The van der Waals surface area contributed by atoms with Gasteiger partial charge in [0.25, 0.3) is 0 Å². The average molecular weight is 720 g/mol. The van der Waals surface area contributed by atoms with E-state index in [0.29, 0.717) is 17.5 Å². The SMILES string of the molecule is c1ccc(-c2ccc(-c3ccc4sc5cccc(-c6nc(-c7ccccc7)nc(-c7cc(-c8ccccc8)cc(-c8ccccc8)c7)n6)c5c4c3)cc2)cc1. The van der Waals surface area contributed by atoms with E-state index in [1.165, 1.54) is 37.0 Å². The molecule has 0 amide bonds. The third-order valence-electron chi connectivity index (χ3n) is 10.1. The van der Waals surface area contributed by atoms with Gasteiger partial charge in [0.2, 0.25) is 0 Å². The molecule has 10 rings (SSSR count). The van der Waals surface area contributed by atoms with Crippen molar-refractivity contribution in [2.75, 3.05) is 0 Å². The quantitative estimate of drug-likeness (QED) is 0.165. The van der Waals surface area contributed by atoms with Crippen LogP contribution in [0.25, 0.3) is 98.8 Å². The van der Waals surface area contributed by atoms with Crippen LogP contribution in [0.1, 0.15) is 0 Å². The molecule has 0 unspecified atom stereocenters. The van der Waals surface area contributed by atoms with Gasteiger partial charge >= 0.3 is 0 Å². The summed E-state index contributed by atoms with van der Waals surface area (Å²) in [6.45, 7) is 0. The van der Waals surface area contributed by atoms with Crippen molar-refractivity contribution in [2.24, 2.45) is 0 Å². The van der Waals surface area contributed by atoms with Crippen molar-refractivity contribution >= 4 is 31.5 Å². The van der Waals surface area contributed by atoms with Gasteiger partial charge in [-0.15, -0.1) is 11.3 Å². The summed E-state index contributed by atoms with van der Waals surface area (Å²) in [6, 6.07) is 70.5. The summed E-state index contributed by atoms with van der Waals surface area (Å²) in [6.07, 6.45) is 0. The molecular weight excluding hydrogens is 687 g/mol. The summed E-state index contributed by atoms with van der Waals surface area (Å²) >= 11 is 1.80. The number of fused-ring (bicyclic) bond motifs is 3. The highest BCUT2D eigenvalue weighted by Crippen LogP contribution is 2.42. The predicted molar refractivity (Wildman–Crippen MR) is 231 cm³/mol. The first kappa shape index (κ1) is 32.6. The maximum atomic E-state index is 5.31. The summed E-state index contributed by atoms with van der Waals surface area (Å²) in [7, 11) is 0. The van der Waals surface area contributed by atoms with Gasteiger partial charge in [0.05, 0.1) is 0 Å². The van der Waals surface area contributed by atoms with E-state index in [2.05, 4.69) is 182 Å². The molecule has 258 valence electrons. The van der Waals surface area contributed by atoms with Crippen LogP contribution < -0.4 is 0 Å². The molecule has 0 bridgehead atoms. The second kappa shape index (κ2) is 14.1. The Morgan fingerprint density at radius 2 is 0.709 bits per heavy atom. The van der Waals surface area contributed by atoms with Crippen LogP contribution in [0, 0.1) is 0 Å². The molecule has 0 aliphatic rings. The molecule has 10 aromatic rings. The zero-order valence-electron chi connectivity index (χ0n) is 29.8. The largest absolute Gasteiger partial charge is 0.208 e. The lowest BCUT2D eigenvalue weighted by atomic mass is 9.95. The van der Waals surface area contributed by atoms with Gasteiger partial charge in [-0.2, -0.15) is 0 Å². The van der Waals surface area contributed by atoms with Gasteiger partial charge in [-0.1, -0.05) is 164 Å². The molecule has 0 spiro atoms. The lowest BCUT2D eigenvalue weighted by Crippen LogP contribution is -2.01. The monoisotopic (exact) mass is 719 g/mol. The fraction of sp³-hybridized carbons (Fsp3) is 0. The minimum Gasteiger partial charge on any atom is -0.208 e. The maximum absolute atomic E-state index is 5.31. The van der Waals surface area contributed by atoms with Crippen LogP contribution in [0.5, 0.6) is 0 Å². The van der Waals surface area contributed by atoms with Crippen LogP contribution in [-0.2, 0) is 0 Å². The number of rotatable bonds is 7. The molecule has 3 nitrogen and oxygen atoms in total. The normalized spacial score (nSPS) is 11.3. The van der Waals surface area contributed by atoms with Crippen LogP contribution in [0.4, 0.5) is 0 Å². The van der Waals surface area contributed by atoms with E-state index in [9.17, 15) is 0 Å². The number of hydrogen-bond acceptors (Lipinski definition) is 4. The zero-order chi connectivity index (χ0) is 36.6. The Morgan fingerprint density at radius 3 is 1.29 bits per heavy atom. The van der Waals surface area contributed by atoms with E-state index in [4.69, 9.17) is 15.0 Å². The standard InChI is InChI=1S/C51H33N3S/c1-5-14-34(15-6-1)37-24-26-38(27-25-37)40-28-29-46-45(33-40)48-44(22-13-23-47(48)55-46)51-53-49(39-20-11-4-12-21-39)52-50(54-51)43-31-41(35-16-7-2-8-17-35)30-42(32-43)36-18-9-3-10-19-36/h1-33H. The van der Waals surface area contributed by atoms with Crippen molar-refractivity contribution in [3.8, 4) is 78.7 Å². The zero-order valence-corrected chi connectivity index (χ0v) is 30.6. The van der Waals surface area contributed by atoms with Crippen LogP contribution in [-0.4, -0.2) is 15.0 Å². The van der Waals surface area contributed by atoms with Crippen LogP contribution in [0.2, 0.25) is 0 Å². The molecule has 0 N–H and O–H groups in total. The third-order valence-corrected chi connectivity index (χ3v) is 11.3. The summed E-state index contributed by atoms with van der Waals surface area (Å²) < 4.78 is 2.43. The van der Waals surface area contributed by atoms with E-state index in [0.717, 1.165) is 44.3 Å². The fourth-order valence-corrected chi connectivity index (χ4v) is 8.48. The predicted octanol–water partition coefficient (Wildman–Crippen LogP) is 13.9. The highest BCUT2D eigenvalue weighted by atomic mass is 32.1. The van der Waals surface area contributed by atoms with Gasteiger partial charge in [0.1, 0.15) is 0 Å². The first-order chi connectivity index (χ1) is 27.2. The van der Waals surface area contributed by atoms with Crippen molar-refractivity contribution in [3.05, 3.63) is 200 Å². The number of aromatic nitrogens is 3. The Labute approximate surface area is 323 Å². The Kier molecular flexibility index (Phi) is 8.36. The molecule has 0 fully saturated rings. The van der Waals surface area contributed by atoms with E-state index < -0.39 is 0 Å². The molecule has 0 atom stereocenters. The second-order valence-corrected chi connectivity index (χ2v) is 14.7. The molecule has 8 aromatic carbocycles. The third kappa shape index (κ3) is 6.39. The van der Waals surface area contributed by atoms with Gasteiger partial charge in [0.15, 0.2) is 17.5 Å². The Bertz CT molecular complexity index is 2880. The maximum Gasteiger partial charge on any atom is 0.164 e. The van der Waals surface area contributed by atoms with E-state index in [1.807, 2.05) is 18.2 Å². The first-order valence-electron chi connectivity index (χ1n) is 18.4. The molecule has 2 aromatic heterocycles. The molecule has 2 heterocycles. The van der Waals surface area contributed by atoms with E-state index >= 15 is 0 Å². The molecule has 0 aliphatic heterocycles. The summed E-state index contributed by atoms with van der Waals surface area (Å²) in [4.78, 5) is 15.7. The van der Waals surface area contributed by atoms with Gasteiger partial charge in [-0.25, -0.2) is 15.0 Å². The van der Waals surface area contributed by atoms with Crippen LogP contribution >= 0.6 is 11.3 Å². The van der Waals surface area contributed by atoms with Gasteiger partial charge in [-0.05, 0) is 80.9 Å². The van der Waals surface area contributed by atoms with Crippen LogP contribution in [0.15, 0.2) is 200 Å². The average Bonchev–Trinajstić information content (AvgIpc) is 3.66. The molecule has 0 saturated carbocycles. The van der Waals surface area contributed by atoms with Crippen molar-refractivity contribution in [1.29, 1.82) is 0 Å². The Balaban J connectivity index is 1.15. The molecule has 4 heteroatoms. The Hall–Kier alpha value is -7.01. The number of benzene rings is 8. The van der Waals surface area contributed by atoms with Crippen LogP contribution in [0.3, 0.4) is 0 Å². The molecule has 55 heavy (non-hydrogen) atoms. The van der Waals surface area contributed by atoms with Gasteiger partial charge in [0, 0.05) is 36.9 Å².